The minimum Gasteiger partial charge on any atom is -0.714 e. The van der Waals surface area contributed by atoms with Crippen LogP contribution in [0.4, 0.5) is 0 Å². The van der Waals surface area contributed by atoms with Crippen LogP contribution in [0.25, 0.3) is 0 Å². The third-order valence-corrected chi connectivity index (χ3v) is 3.01. The molecule has 3 nitrogen and oxygen atoms in total. The number of nitrogens with zero attached hydrogens (tertiary/aromatic N) is 2. The maximum atomic E-state index is 12.2. The summed E-state index contributed by atoms with van der Waals surface area (Å²) < 4.78 is 1.02. The van der Waals surface area contributed by atoms with Crippen molar-refractivity contribution in [3.8, 4) is 0 Å². The van der Waals surface area contributed by atoms with Crippen molar-refractivity contribution in [1.82, 2.24) is 0 Å². The average Bonchev–Trinajstić information content (AvgIpc) is 2.52. The summed E-state index contributed by atoms with van der Waals surface area (Å²) >= 11 is 0. The SMILES string of the molecule is CCC1=NC(c2ccccc2)=[N+]([O-])C1(C)C. The molecule has 1 aliphatic heterocycles. The fraction of sp³-hybridized carbons (Fsp3) is 0.385. The van der Waals surface area contributed by atoms with Gasteiger partial charge in [-0.1, -0.05) is 25.1 Å². The quantitative estimate of drug-likeness (QED) is 0.553. The second kappa shape index (κ2) is 3.74. The molecule has 1 aliphatic rings. The lowest BCUT2D eigenvalue weighted by Crippen LogP contribution is -2.38. The van der Waals surface area contributed by atoms with Crippen molar-refractivity contribution in [2.75, 3.05) is 0 Å². The molecule has 0 aromatic heterocycles. The molecule has 2 rings (SSSR count). The first-order chi connectivity index (χ1) is 7.57. The van der Waals surface area contributed by atoms with Gasteiger partial charge in [0.2, 0.25) is 0 Å². The molecule has 0 atom stereocenters. The lowest BCUT2D eigenvalue weighted by Gasteiger charge is -2.23. The normalized spacial score (nSPS) is 18.8. The Labute approximate surface area is 95.7 Å². The summed E-state index contributed by atoms with van der Waals surface area (Å²) in [5.74, 6) is 0.530. The fourth-order valence-corrected chi connectivity index (χ4v) is 1.97. The van der Waals surface area contributed by atoms with Crippen LogP contribution in [0, 0.1) is 5.21 Å². The monoisotopic (exact) mass is 216 g/mol. The van der Waals surface area contributed by atoms with Crippen LogP contribution in [0.3, 0.4) is 0 Å². The zero-order chi connectivity index (χ0) is 11.8. The molecule has 0 N–H and O–H groups in total. The summed E-state index contributed by atoms with van der Waals surface area (Å²) in [5.41, 5.74) is 1.32. The van der Waals surface area contributed by atoms with E-state index in [1.807, 2.05) is 51.1 Å². The molecular weight excluding hydrogens is 200 g/mol. The maximum absolute atomic E-state index is 12.2. The van der Waals surface area contributed by atoms with E-state index in [0.29, 0.717) is 5.84 Å². The molecule has 0 aliphatic carbocycles. The van der Waals surface area contributed by atoms with Crippen LogP contribution in [0.1, 0.15) is 32.8 Å². The molecule has 84 valence electrons. The number of amidine groups is 1. The summed E-state index contributed by atoms with van der Waals surface area (Å²) in [7, 11) is 0. The number of hydrogen-bond donors (Lipinski definition) is 0. The van der Waals surface area contributed by atoms with Crippen LogP contribution in [0.15, 0.2) is 35.3 Å². The second-order valence-electron chi connectivity index (χ2n) is 4.46. The van der Waals surface area contributed by atoms with Gasteiger partial charge in [-0.2, -0.15) is 0 Å². The van der Waals surface area contributed by atoms with E-state index in [9.17, 15) is 5.21 Å². The molecule has 16 heavy (non-hydrogen) atoms. The highest BCUT2D eigenvalue weighted by Gasteiger charge is 2.40. The maximum Gasteiger partial charge on any atom is 0.329 e. The molecule has 1 aromatic rings. The topological polar surface area (TPSA) is 38.4 Å². The molecule has 3 heteroatoms. The van der Waals surface area contributed by atoms with Gasteiger partial charge in [-0.15, -0.1) is 0 Å². The van der Waals surface area contributed by atoms with E-state index in [0.717, 1.165) is 22.4 Å². The van der Waals surface area contributed by atoms with Gasteiger partial charge in [0.05, 0.1) is 5.56 Å². The smallest absolute Gasteiger partial charge is 0.329 e. The number of aliphatic imine (C=N–C) groups is 1. The minimum absolute atomic E-state index is 0.514. The Bertz CT molecular complexity index is 458. The Kier molecular flexibility index (Phi) is 2.54. The van der Waals surface area contributed by atoms with Gasteiger partial charge in [0.25, 0.3) is 0 Å². The largest absolute Gasteiger partial charge is 0.714 e. The van der Waals surface area contributed by atoms with Gasteiger partial charge in [-0.25, -0.2) is 0 Å². The molecule has 0 spiro atoms. The third-order valence-electron chi connectivity index (χ3n) is 3.01. The Morgan fingerprint density at radius 3 is 2.38 bits per heavy atom. The summed E-state index contributed by atoms with van der Waals surface area (Å²) in [6.07, 6.45) is 0.808. The summed E-state index contributed by atoms with van der Waals surface area (Å²) in [4.78, 5) is 4.46. The summed E-state index contributed by atoms with van der Waals surface area (Å²) in [5, 5.41) is 12.2. The van der Waals surface area contributed by atoms with Gasteiger partial charge in [0.15, 0.2) is 11.3 Å². The van der Waals surface area contributed by atoms with Gasteiger partial charge < -0.3 is 5.21 Å². The molecule has 1 aromatic carbocycles. The van der Waals surface area contributed by atoms with Crippen LogP contribution < -0.4 is 0 Å². The second-order valence-corrected chi connectivity index (χ2v) is 4.46. The molecule has 0 amide bonds. The minimum atomic E-state index is -0.514. The van der Waals surface area contributed by atoms with E-state index in [1.165, 1.54) is 0 Å². The zero-order valence-electron chi connectivity index (χ0n) is 9.90. The number of benzene rings is 1. The van der Waals surface area contributed by atoms with Crippen LogP contribution in [0.2, 0.25) is 0 Å². The van der Waals surface area contributed by atoms with E-state index < -0.39 is 5.54 Å². The van der Waals surface area contributed by atoms with Crippen molar-refractivity contribution in [1.29, 1.82) is 0 Å². The number of hydroxylamine groups is 1. The summed E-state index contributed by atoms with van der Waals surface area (Å²) in [6, 6.07) is 9.60. The molecular formula is C13H16N2O. The van der Waals surface area contributed by atoms with E-state index in [-0.39, 0.29) is 0 Å². The molecule has 0 saturated carbocycles. The highest BCUT2D eigenvalue weighted by Crippen LogP contribution is 2.22. The lowest BCUT2D eigenvalue weighted by molar-refractivity contribution is -0.513. The number of rotatable bonds is 2. The van der Waals surface area contributed by atoms with E-state index in [1.54, 1.807) is 0 Å². The first-order valence-electron chi connectivity index (χ1n) is 5.55. The van der Waals surface area contributed by atoms with E-state index in [2.05, 4.69) is 4.99 Å². The first kappa shape index (κ1) is 10.9. The predicted octanol–water partition coefficient (Wildman–Crippen LogP) is 2.59. The highest BCUT2D eigenvalue weighted by atomic mass is 16.5. The van der Waals surface area contributed by atoms with Crippen LogP contribution in [-0.4, -0.2) is 21.8 Å². The van der Waals surface area contributed by atoms with Gasteiger partial charge >= 0.3 is 5.84 Å². The Morgan fingerprint density at radius 2 is 1.88 bits per heavy atom. The van der Waals surface area contributed by atoms with Crippen molar-refractivity contribution >= 4 is 11.5 Å². The summed E-state index contributed by atoms with van der Waals surface area (Å²) in [6.45, 7) is 5.86. The van der Waals surface area contributed by atoms with E-state index >= 15 is 0 Å². The van der Waals surface area contributed by atoms with E-state index in [4.69, 9.17) is 0 Å². The van der Waals surface area contributed by atoms with Gasteiger partial charge in [-0.3, -0.25) is 4.74 Å². The van der Waals surface area contributed by atoms with Crippen molar-refractivity contribution in [3.05, 3.63) is 41.1 Å². The van der Waals surface area contributed by atoms with Crippen molar-refractivity contribution in [2.24, 2.45) is 4.99 Å². The van der Waals surface area contributed by atoms with Crippen molar-refractivity contribution < 1.29 is 4.74 Å². The third kappa shape index (κ3) is 1.52. The molecule has 1 heterocycles. The molecule has 0 radical (unpaired) electrons. The average molecular weight is 216 g/mol. The Balaban J connectivity index is 2.51. The predicted molar refractivity (Wildman–Crippen MR) is 66.0 cm³/mol. The molecule has 0 unspecified atom stereocenters. The van der Waals surface area contributed by atoms with Crippen LogP contribution >= 0.6 is 0 Å². The van der Waals surface area contributed by atoms with Crippen molar-refractivity contribution in [2.45, 2.75) is 32.7 Å². The Hall–Kier alpha value is -1.64. The van der Waals surface area contributed by atoms with Crippen LogP contribution in [0.5, 0.6) is 0 Å². The van der Waals surface area contributed by atoms with Gasteiger partial charge in [0.1, 0.15) is 0 Å². The molecule has 0 saturated heterocycles. The lowest BCUT2D eigenvalue weighted by atomic mass is 9.98. The van der Waals surface area contributed by atoms with Gasteiger partial charge in [0, 0.05) is 6.42 Å². The standard InChI is InChI=1S/C13H16N2O/c1-4-11-13(2,3)15(16)12(14-11)10-8-6-5-7-9-10/h5-9H,4H2,1-3H3. The van der Waals surface area contributed by atoms with Gasteiger partial charge in [-0.05, 0) is 31.0 Å². The fourth-order valence-electron chi connectivity index (χ4n) is 1.97. The highest BCUT2D eigenvalue weighted by molar-refractivity contribution is 6.10. The zero-order valence-corrected chi connectivity index (χ0v) is 9.90. The van der Waals surface area contributed by atoms with Crippen LogP contribution in [-0.2, 0) is 0 Å². The molecule has 0 fully saturated rings. The van der Waals surface area contributed by atoms with Crippen molar-refractivity contribution in [3.63, 3.8) is 0 Å². The number of hydrogen-bond acceptors (Lipinski definition) is 2. The molecule has 0 bridgehead atoms. The Morgan fingerprint density at radius 1 is 1.25 bits per heavy atom. The first-order valence-corrected chi connectivity index (χ1v) is 5.55.